The second-order valence-electron chi connectivity index (χ2n) is 7.80. The third-order valence-corrected chi connectivity index (χ3v) is 5.40. The smallest absolute Gasteiger partial charge is 0.263 e. The van der Waals surface area contributed by atoms with E-state index in [-0.39, 0.29) is 35.1 Å². The number of aliphatic hydroxyl groups is 1. The summed E-state index contributed by atoms with van der Waals surface area (Å²) >= 11 is 0. The number of aliphatic hydroxyl groups excluding tert-OH is 1. The van der Waals surface area contributed by atoms with Crippen molar-refractivity contribution < 1.29 is 18.7 Å². The number of hydrogen-bond donors (Lipinski definition) is 1. The Kier molecular flexibility index (Phi) is 7.23. The van der Waals surface area contributed by atoms with Crippen LogP contribution in [0, 0.1) is 11.6 Å². The minimum Gasteiger partial charge on any atom is -0.388 e. The summed E-state index contributed by atoms with van der Waals surface area (Å²) in [5.74, 6) is -1.30. The van der Waals surface area contributed by atoms with Crippen molar-refractivity contribution >= 4 is 28.7 Å². The minimum atomic E-state index is -0.724. The van der Waals surface area contributed by atoms with E-state index in [1.165, 1.54) is 45.8 Å². The van der Waals surface area contributed by atoms with Gasteiger partial charge in [0.25, 0.3) is 5.56 Å². The van der Waals surface area contributed by atoms with Crippen molar-refractivity contribution in [3.05, 3.63) is 70.1 Å². The number of carbonyl (C=O) groups is 1. The van der Waals surface area contributed by atoms with Gasteiger partial charge < -0.3 is 5.11 Å². The number of hydrogen-bond acceptors (Lipinski definition) is 5. The number of hydrazone groups is 1. The fourth-order valence-electron chi connectivity index (χ4n) is 3.63. The molecule has 3 rings (SSSR count). The molecule has 9 heteroatoms. The van der Waals surface area contributed by atoms with Gasteiger partial charge in [0.2, 0.25) is 6.41 Å². The van der Waals surface area contributed by atoms with Crippen LogP contribution in [-0.4, -0.2) is 47.0 Å². The second kappa shape index (κ2) is 9.91. The monoisotopic (exact) mass is 456 g/mol. The van der Waals surface area contributed by atoms with Crippen LogP contribution in [0.5, 0.6) is 0 Å². The molecule has 2 aromatic carbocycles. The molecule has 0 radical (unpaired) electrons. The van der Waals surface area contributed by atoms with Gasteiger partial charge >= 0.3 is 0 Å². The second-order valence-corrected chi connectivity index (χ2v) is 7.80. The molecule has 33 heavy (non-hydrogen) atoms. The number of likely N-dealkylation sites (N-methyl/N-ethyl adjacent to an activating group) is 1. The lowest BCUT2D eigenvalue weighted by Gasteiger charge is -2.22. The van der Waals surface area contributed by atoms with Crippen LogP contribution < -0.4 is 10.6 Å². The molecule has 1 heterocycles. The van der Waals surface area contributed by atoms with E-state index in [9.17, 15) is 19.1 Å². The molecular weight excluding hydrogens is 430 g/mol. The topological polar surface area (TPSA) is 78.1 Å². The van der Waals surface area contributed by atoms with E-state index in [0.717, 1.165) is 11.6 Å². The number of anilines is 1. The van der Waals surface area contributed by atoms with Gasteiger partial charge in [0, 0.05) is 19.8 Å². The zero-order chi connectivity index (χ0) is 24.3. The number of para-hydroxylation sites is 1. The summed E-state index contributed by atoms with van der Waals surface area (Å²) in [5.41, 5.74) is 0.307. The average molecular weight is 456 g/mol. The summed E-state index contributed by atoms with van der Waals surface area (Å²) in [7, 11) is 1.48. The van der Waals surface area contributed by atoms with Crippen LogP contribution in [0.25, 0.3) is 16.5 Å². The highest BCUT2D eigenvalue weighted by atomic mass is 19.1. The van der Waals surface area contributed by atoms with E-state index >= 15 is 4.39 Å². The Balaban J connectivity index is 2.25. The molecule has 0 bridgehead atoms. The molecule has 1 N–H and O–H groups in total. The van der Waals surface area contributed by atoms with Crippen molar-refractivity contribution in [1.29, 1.82) is 0 Å². The molecule has 1 aromatic heterocycles. The number of nitrogens with zero attached hydrogens (tertiary/aromatic N) is 4. The van der Waals surface area contributed by atoms with Crippen LogP contribution in [-0.2, 0) is 4.79 Å². The number of carbonyl (C=O) groups excluding carboxylic acids is 1. The van der Waals surface area contributed by atoms with Gasteiger partial charge in [-0.3, -0.25) is 24.1 Å². The van der Waals surface area contributed by atoms with Gasteiger partial charge in [-0.2, -0.15) is 5.10 Å². The van der Waals surface area contributed by atoms with Crippen LogP contribution >= 0.6 is 0 Å². The van der Waals surface area contributed by atoms with Crippen molar-refractivity contribution in [3.8, 4) is 5.69 Å². The number of fused-ring (bicyclic) bond motifs is 1. The molecule has 0 aliphatic rings. The molecular formula is C24H26F2N4O3. The molecule has 3 aromatic rings. The summed E-state index contributed by atoms with van der Waals surface area (Å²) in [6, 6.07) is 8.51. The molecule has 0 saturated carbocycles. The van der Waals surface area contributed by atoms with E-state index in [0.29, 0.717) is 11.8 Å². The van der Waals surface area contributed by atoms with Crippen LogP contribution in [0.15, 0.2) is 52.5 Å². The normalized spacial score (nSPS) is 11.8. The molecule has 174 valence electrons. The summed E-state index contributed by atoms with van der Waals surface area (Å²) in [5, 5.41) is 15.6. The largest absolute Gasteiger partial charge is 0.388 e. The summed E-state index contributed by atoms with van der Waals surface area (Å²) < 4.78 is 30.7. The first kappa shape index (κ1) is 24.1. The van der Waals surface area contributed by atoms with E-state index in [4.69, 9.17) is 0 Å². The summed E-state index contributed by atoms with van der Waals surface area (Å²) in [6.45, 7) is 5.32. The van der Waals surface area contributed by atoms with Crippen LogP contribution in [0.1, 0.15) is 32.3 Å². The minimum absolute atomic E-state index is 0.0496. The summed E-state index contributed by atoms with van der Waals surface area (Å²) in [4.78, 5) is 25.6. The van der Waals surface area contributed by atoms with Gasteiger partial charge in [0.05, 0.1) is 16.8 Å². The van der Waals surface area contributed by atoms with Crippen LogP contribution in [0.2, 0.25) is 0 Å². The first-order valence-electron chi connectivity index (χ1n) is 10.5. The van der Waals surface area contributed by atoms with Crippen molar-refractivity contribution in [2.24, 2.45) is 5.10 Å². The highest BCUT2D eigenvalue weighted by Gasteiger charge is 2.19. The lowest BCUT2D eigenvalue weighted by molar-refractivity contribution is -0.114. The molecule has 0 atom stereocenters. The highest BCUT2D eigenvalue weighted by molar-refractivity contribution is 5.93. The number of rotatable bonds is 7. The van der Waals surface area contributed by atoms with Gasteiger partial charge in [0.1, 0.15) is 18.2 Å². The van der Waals surface area contributed by atoms with Crippen molar-refractivity contribution in [2.75, 3.05) is 25.2 Å². The standard InChI is InChI=1S/C24H26F2N4O3/c1-5-29(14-32)23(13-31)27-28(4)22-11-16-17(10-20(22)26)24(33)30(12-18(16)15(2)3)21-9-7-6-8-19(21)25/h6-12,14-15,31H,5,13H2,1-4H3/b27-23-. The van der Waals surface area contributed by atoms with E-state index in [1.807, 2.05) is 13.8 Å². The first-order chi connectivity index (χ1) is 15.7. The SMILES string of the molecule is CCN(C=O)/C(CO)=N\N(C)c1cc2c(C(C)C)cn(-c3ccccc3F)c(=O)c2cc1F. The molecule has 0 fully saturated rings. The van der Waals surface area contributed by atoms with Crippen LogP contribution in [0.4, 0.5) is 14.5 Å². The number of amides is 1. The molecule has 0 aliphatic carbocycles. The van der Waals surface area contributed by atoms with Gasteiger partial charge in [-0.15, -0.1) is 0 Å². The maximum absolute atomic E-state index is 15.1. The molecule has 7 nitrogen and oxygen atoms in total. The van der Waals surface area contributed by atoms with Crippen molar-refractivity contribution in [3.63, 3.8) is 0 Å². The zero-order valence-electron chi connectivity index (χ0n) is 18.9. The maximum Gasteiger partial charge on any atom is 0.263 e. The number of aromatic nitrogens is 1. The average Bonchev–Trinajstić information content (AvgIpc) is 2.79. The third-order valence-electron chi connectivity index (χ3n) is 5.40. The highest BCUT2D eigenvalue weighted by Crippen LogP contribution is 2.30. The first-order valence-corrected chi connectivity index (χ1v) is 10.5. The Morgan fingerprint density at radius 2 is 1.88 bits per heavy atom. The van der Waals surface area contributed by atoms with Gasteiger partial charge in [-0.05, 0) is 48.1 Å². The van der Waals surface area contributed by atoms with Gasteiger partial charge in [0.15, 0.2) is 5.84 Å². The lowest BCUT2D eigenvalue weighted by Crippen LogP contribution is -2.34. The number of halogens is 2. The van der Waals surface area contributed by atoms with E-state index < -0.39 is 23.8 Å². The predicted molar refractivity (Wildman–Crippen MR) is 125 cm³/mol. The van der Waals surface area contributed by atoms with Crippen molar-refractivity contribution in [2.45, 2.75) is 26.7 Å². The van der Waals surface area contributed by atoms with E-state index in [1.54, 1.807) is 19.2 Å². The molecule has 0 spiro atoms. The number of pyridine rings is 1. The number of amidine groups is 1. The Morgan fingerprint density at radius 1 is 1.18 bits per heavy atom. The van der Waals surface area contributed by atoms with Gasteiger partial charge in [-0.1, -0.05) is 26.0 Å². The molecule has 0 aliphatic heterocycles. The molecule has 1 amide bonds. The summed E-state index contributed by atoms with van der Waals surface area (Å²) in [6.07, 6.45) is 2.10. The fraction of sp³-hybridized carbons (Fsp3) is 0.292. The lowest BCUT2D eigenvalue weighted by atomic mass is 9.97. The van der Waals surface area contributed by atoms with Gasteiger partial charge in [-0.25, -0.2) is 8.78 Å². The molecule has 0 unspecified atom stereocenters. The predicted octanol–water partition coefficient (Wildman–Crippen LogP) is 3.61. The van der Waals surface area contributed by atoms with E-state index in [2.05, 4.69) is 5.10 Å². The Morgan fingerprint density at radius 3 is 2.45 bits per heavy atom. The molecule has 0 saturated heterocycles. The van der Waals surface area contributed by atoms with Crippen LogP contribution in [0.3, 0.4) is 0 Å². The Hall–Kier alpha value is -3.59. The fourth-order valence-corrected chi connectivity index (χ4v) is 3.63. The zero-order valence-corrected chi connectivity index (χ0v) is 18.9. The third kappa shape index (κ3) is 4.63. The Labute approximate surface area is 190 Å². The number of benzene rings is 2. The Bertz CT molecular complexity index is 1270. The maximum atomic E-state index is 15.1. The van der Waals surface area contributed by atoms with Crippen molar-refractivity contribution in [1.82, 2.24) is 9.47 Å². The quantitative estimate of drug-likeness (QED) is 0.255.